The molecule has 0 fully saturated rings. The smallest absolute Gasteiger partial charge is 0.306 e. The van der Waals surface area contributed by atoms with E-state index in [-0.39, 0.29) is 36.6 Å². The van der Waals surface area contributed by atoms with Crippen LogP contribution < -0.4 is 0 Å². The molecule has 2 atom stereocenters. The van der Waals surface area contributed by atoms with Gasteiger partial charge in [0.2, 0.25) is 0 Å². The molecule has 162 valence electrons. The summed E-state index contributed by atoms with van der Waals surface area (Å²) in [5, 5.41) is 4.44. The Morgan fingerprint density at radius 3 is 1.34 bits per heavy atom. The van der Waals surface area contributed by atoms with Gasteiger partial charge in [-0.15, -0.1) is 0 Å². The molecule has 0 bridgehead atoms. The summed E-state index contributed by atoms with van der Waals surface area (Å²) in [6.45, 7) is 0. The molecule has 0 saturated heterocycles. The molecule has 32 heavy (non-hydrogen) atoms. The van der Waals surface area contributed by atoms with Gasteiger partial charge in [0.05, 0.1) is 27.1 Å². The highest BCUT2D eigenvalue weighted by Crippen LogP contribution is 2.40. The number of methoxy groups -OCH3 is 2. The van der Waals surface area contributed by atoms with E-state index in [1.807, 2.05) is 36.4 Å². The summed E-state index contributed by atoms with van der Waals surface area (Å²) in [5.41, 5.74) is 1.99. The first kappa shape index (κ1) is 21.6. The Labute approximate surface area is 187 Å². The molecule has 0 unspecified atom stereocenters. The average molecular weight is 427 g/mol. The van der Waals surface area contributed by atoms with E-state index in [9.17, 15) is 9.59 Å². The zero-order valence-corrected chi connectivity index (χ0v) is 18.3. The third-order valence-electron chi connectivity index (χ3n) is 6.12. The van der Waals surface area contributed by atoms with Gasteiger partial charge in [0.25, 0.3) is 0 Å². The van der Waals surface area contributed by atoms with Crippen LogP contribution in [0.5, 0.6) is 0 Å². The minimum Gasteiger partial charge on any atom is -0.469 e. The number of benzene rings is 4. The van der Waals surface area contributed by atoms with Crippen LogP contribution in [-0.4, -0.2) is 26.2 Å². The fraction of sp³-hybridized carbons (Fsp3) is 0.214. The molecule has 0 saturated carbocycles. The highest BCUT2D eigenvalue weighted by atomic mass is 16.5. The highest BCUT2D eigenvalue weighted by molar-refractivity contribution is 5.85. The molecule has 0 amide bonds. The van der Waals surface area contributed by atoms with Gasteiger partial charge in [-0.1, -0.05) is 84.9 Å². The van der Waals surface area contributed by atoms with Gasteiger partial charge in [0, 0.05) is 11.8 Å². The Bertz CT molecular complexity index is 1160. The summed E-state index contributed by atoms with van der Waals surface area (Å²) < 4.78 is 10.0. The first-order valence-electron chi connectivity index (χ1n) is 10.7. The van der Waals surface area contributed by atoms with Crippen LogP contribution in [0.4, 0.5) is 0 Å². The monoisotopic (exact) mass is 426 g/mol. The van der Waals surface area contributed by atoms with Gasteiger partial charge in [0.1, 0.15) is 0 Å². The first-order valence-corrected chi connectivity index (χ1v) is 10.7. The molecule has 0 heterocycles. The van der Waals surface area contributed by atoms with Gasteiger partial charge in [-0.2, -0.15) is 0 Å². The highest BCUT2D eigenvalue weighted by Gasteiger charge is 2.30. The van der Waals surface area contributed by atoms with E-state index in [2.05, 4.69) is 48.5 Å². The second kappa shape index (κ2) is 9.65. The second-order valence-electron chi connectivity index (χ2n) is 7.99. The van der Waals surface area contributed by atoms with Gasteiger partial charge in [0.15, 0.2) is 0 Å². The molecule has 0 radical (unpaired) electrons. The topological polar surface area (TPSA) is 52.6 Å². The zero-order valence-electron chi connectivity index (χ0n) is 18.3. The zero-order chi connectivity index (χ0) is 22.5. The molecule has 4 aromatic carbocycles. The largest absolute Gasteiger partial charge is 0.469 e. The van der Waals surface area contributed by atoms with Crippen molar-refractivity contribution in [2.45, 2.75) is 24.7 Å². The number of carbonyl (C=O) groups is 2. The van der Waals surface area contributed by atoms with E-state index in [1.54, 1.807) is 0 Å². The molecule has 0 aromatic heterocycles. The maximum absolute atomic E-state index is 12.4. The second-order valence-corrected chi connectivity index (χ2v) is 7.99. The van der Waals surface area contributed by atoms with Crippen molar-refractivity contribution in [3.05, 3.63) is 96.1 Å². The molecule has 0 aliphatic heterocycles. The molecular formula is C28H26O4. The van der Waals surface area contributed by atoms with Crippen molar-refractivity contribution in [3.8, 4) is 0 Å². The van der Waals surface area contributed by atoms with Crippen LogP contribution in [0.2, 0.25) is 0 Å². The van der Waals surface area contributed by atoms with E-state index in [0.29, 0.717) is 0 Å². The summed E-state index contributed by atoms with van der Waals surface area (Å²) in [4.78, 5) is 24.8. The number of rotatable bonds is 7. The first-order chi connectivity index (χ1) is 15.6. The number of esters is 2. The Hall–Kier alpha value is -3.66. The number of carbonyl (C=O) groups excluding carboxylic acids is 2. The van der Waals surface area contributed by atoms with Crippen molar-refractivity contribution in [1.82, 2.24) is 0 Å². The van der Waals surface area contributed by atoms with Crippen LogP contribution in [0.1, 0.15) is 35.8 Å². The van der Waals surface area contributed by atoms with Crippen molar-refractivity contribution in [1.29, 1.82) is 0 Å². The normalized spacial score (nSPS) is 12.9. The molecular weight excluding hydrogens is 400 g/mol. The predicted octanol–water partition coefficient (Wildman–Crippen LogP) is 5.99. The molecule has 0 N–H and O–H groups in total. The minimum atomic E-state index is -0.307. The summed E-state index contributed by atoms with van der Waals surface area (Å²) in [6.07, 6.45) is 0.340. The minimum absolute atomic E-state index is 0.170. The summed E-state index contributed by atoms with van der Waals surface area (Å²) in [5.74, 6) is -1.10. The number of fused-ring (bicyclic) bond motifs is 2. The standard InChI is InChI=1S/C28H26O4/c1-31-27(29)17-25(23-13-11-19-7-3-5-9-21(19)15-23)26(18-28(30)32-2)24-14-12-20-8-4-6-10-22(20)16-24/h3-16,25-26H,17-18H2,1-2H3/t25-,26-/m0/s1. The van der Waals surface area contributed by atoms with Crippen molar-refractivity contribution < 1.29 is 19.1 Å². The average Bonchev–Trinajstić information content (AvgIpc) is 2.85. The van der Waals surface area contributed by atoms with Crippen molar-refractivity contribution in [3.63, 3.8) is 0 Å². The fourth-order valence-corrected chi connectivity index (χ4v) is 4.39. The lowest BCUT2D eigenvalue weighted by Gasteiger charge is -2.27. The Morgan fingerprint density at radius 1 is 0.594 bits per heavy atom. The fourth-order valence-electron chi connectivity index (χ4n) is 4.39. The Balaban J connectivity index is 1.84. The lowest BCUT2D eigenvalue weighted by atomic mass is 9.77. The van der Waals surface area contributed by atoms with Crippen LogP contribution in [0.3, 0.4) is 0 Å². The summed E-state index contributed by atoms with van der Waals surface area (Å²) in [6, 6.07) is 28.6. The van der Waals surface area contributed by atoms with E-state index in [1.165, 1.54) is 14.2 Å². The summed E-state index contributed by atoms with van der Waals surface area (Å²) in [7, 11) is 2.79. The molecule has 0 spiro atoms. The van der Waals surface area contributed by atoms with E-state index in [0.717, 1.165) is 32.7 Å². The molecule has 0 aliphatic carbocycles. The van der Waals surface area contributed by atoms with E-state index in [4.69, 9.17) is 9.47 Å². The van der Waals surface area contributed by atoms with Gasteiger partial charge in [-0.05, 0) is 32.7 Å². The number of hydrogen-bond acceptors (Lipinski definition) is 4. The third kappa shape index (κ3) is 4.65. The van der Waals surface area contributed by atoms with Gasteiger partial charge < -0.3 is 9.47 Å². The lowest BCUT2D eigenvalue weighted by molar-refractivity contribution is -0.143. The number of ether oxygens (including phenoxy) is 2. The van der Waals surface area contributed by atoms with Crippen LogP contribution in [0.15, 0.2) is 84.9 Å². The maximum Gasteiger partial charge on any atom is 0.306 e. The number of hydrogen-bond donors (Lipinski definition) is 0. The van der Waals surface area contributed by atoms with Crippen LogP contribution in [-0.2, 0) is 19.1 Å². The molecule has 4 heteroatoms. The summed E-state index contributed by atoms with van der Waals surface area (Å²) >= 11 is 0. The molecule has 0 aliphatic rings. The predicted molar refractivity (Wildman–Crippen MR) is 127 cm³/mol. The quantitative estimate of drug-likeness (QED) is 0.341. The molecule has 4 nitrogen and oxygen atoms in total. The lowest BCUT2D eigenvalue weighted by Crippen LogP contribution is -2.20. The van der Waals surface area contributed by atoms with Gasteiger partial charge in [-0.3, -0.25) is 9.59 Å². The van der Waals surface area contributed by atoms with E-state index < -0.39 is 0 Å². The van der Waals surface area contributed by atoms with Crippen LogP contribution in [0.25, 0.3) is 21.5 Å². The van der Waals surface area contributed by atoms with Crippen LogP contribution in [0, 0.1) is 0 Å². The Kier molecular flexibility index (Phi) is 6.50. The van der Waals surface area contributed by atoms with Gasteiger partial charge >= 0.3 is 11.9 Å². The maximum atomic E-state index is 12.4. The van der Waals surface area contributed by atoms with Crippen LogP contribution >= 0.6 is 0 Å². The van der Waals surface area contributed by atoms with Crippen molar-refractivity contribution in [2.75, 3.05) is 14.2 Å². The van der Waals surface area contributed by atoms with Gasteiger partial charge in [-0.25, -0.2) is 0 Å². The SMILES string of the molecule is COC(=O)C[C@@H](c1ccc2ccccc2c1)[C@@H](CC(=O)OC)c1ccc2ccccc2c1. The van der Waals surface area contributed by atoms with Crippen molar-refractivity contribution >= 4 is 33.5 Å². The molecule has 4 aromatic rings. The molecule has 4 rings (SSSR count). The Morgan fingerprint density at radius 2 is 0.969 bits per heavy atom. The van der Waals surface area contributed by atoms with E-state index >= 15 is 0 Å². The van der Waals surface area contributed by atoms with Crippen molar-refractivity contribution in [2.24, 2.45) is 0 Å². The third-order valence-corrected chi connectivity index (χ3v) is 6.12.